The number of nitrogens with one attached hydrogen (secondary N) is 1. The predicted molar refractivity (Wildman–Crippen MR) is 82.9 cm³/mol. The van der Waals surface area contributed by atoms with Crippen LogP contribution in [0.25, 0.3) is 0 Å². The molecule has 2 heterocycles. The van der Waals surface area contributed by atoms with Gasteiger partial charge in [-0.1, -0.05) is 0 Å². The van der Waals surface area contributed by atoms with Crippen molar-refractivity contribution >= 4 is 28.2 Å². The molecule has 102 valence electrons. The Hall–Kier alpha value is -0.260. The SMILES string of the molecule is CSCC[C@H](C)NC1CCN(c2nccs2)CC1. The van der Waals surface area contributed by atoms with Gasteiger partial charge in [0.15, 0.2) is 5.13 Å². The van der Waals surface area contributed by atoms with Gasteiger partial charge >= 0.3 is 0 Å². The Morgan fingerprint density at radius 2 is 2.33 bits per heavy atom. The van der Waals surface area contributed by atoms with Crippen molar-refractivity contribution in [3.05, 3.63) is 11.6 Å². The summed E-state index contributed by atoms with van der Waals surface area (Å²) >= 11 is 3.68. The molecule has 3 nitrogen and oxygen atoms in total. The number of aromatic nitrogens is 1. The molecule has 1 aliphatic rings. The lowest BCUT2D eigenvalue weighted by molar-refractivity contribution is 0.373. The molecule has 1 aliphatic heterocycles. The third kappa shape index (κ3) is 4.14. The topological polar surface area (TPSA) is 28.2 Å². The van der Waals surface area contributed by atoms with Crippen LogP contribution in [0.5, 0.6) is 0 Å². The van der Waals surface area contributed by atoms with Crippen LogP contribution in [0.3, 0.4) is 0 Å². The molecule has 2 rings (SSSR count). The first kappa shape index (κ1) is 14.2. The largest absolute Gasteiger partial charge is 0.348 e. The Bertz CT molecular complexity index is 321. The van der Waals surface area contributed by atoms with Gasteiger partial charge in [0.05, 0.1) is 0 Å². The highest BCUT2D eigenvalue weighted by Crippen LogP contribution is 2.22. The van der Waals surface area contributed by atoms with Crippen molar-refractivity contribution < 1.29 is 0 Å². The minimum atomic E-state index is 0.647. The number of anilines is 1. The Kier molecular flexibility index (Phi) is 5.79. The van der Waals surface area contributed by atoms with E-state index in [2.05, 4.69) is 33.8 Å². The van der Waals surface area contributed by atoms with E-state index in [0.29, 0.717) is 12.1 Å². The normalized spacial score (nSPS) is 19.1. The van der Waals surface area contributed by atoms with Crippen molar-refractivity contribution in [3.8, 4) is 0 Å². The van der Waals surface area contributed by atoms with E-state index in [1.54, 1.807) is 11.3 Å². The molecule has 0 aliphatic carbocycles. The fourth-order valence-electron chi connectivity index (χ4n) is 2.39. The van der Waals surface area contributed by atoms with E-state index >= 15 is 0 Å². The van der Waals surface area contributed by atoms with E-state index in [-0.39, 0.29) is 0 Å². The highest BCUT2D eigenvalue weighted by molar-refractivity contribution is 7.98. The van der Waals surface area contributed by atoms with Crippen LogP contribution in [-0.4, -0.2) is 42.2 Å². The van der Waals surface area contributed by atoms with Crippen molar-refractivity contribution in [1.29, 1.82) is 0 Å². The zero-order valence-corrected chi connectivity index (χ0v) is 12.9. The summed E-state index contributed by atoms with van der Waals surface area (Å²) in [5, 5.41) is 7.01. The van der Waals surface area contributed by atoms with Gasteiger partial charge in [-0.3, -0.25) is 0 Å². The minimum absolute atomic E-state index is 0.647. The highest BCUT2D eigenvalue weighted by atomic mass is 32.2. The van der Waals surface area contributed by atoms with Gasteiger partial charge in [-0.15, -0.1) is 11.3 Å². The van der Waals surface area contributed by atoms with E-state index < -0.39 is 0 Å². The molecule has 0 spiro atoms. The molecule has 0 radical (unpaired) electrons. The molecule has 1 aromatic rings. The molecule has 1 saturated heterocycles. The second kappa shape index (κ2) is 7.36. The minimum Gasteiger partial charge on any atom is -0.348 e. The maximum atomic E-state index is 4.39. The van der Waals surface area contributed by atoms with Crippen LogP contribution in [-0.2, 0) is 0 Å². The second-order valence-electron chi connectivity index (χ2n) is 4.93. The number of hydrogen-bond acceptors (Lipinski definition) is 5. The van der Waals surface area contributed by atoms with Crippen LogP contribution < -0.4 is 10.2 Å². The van der Waals surface area contributed by atoms with Gasteiger partial charge in [-0.05, 0) is 38.2 Å². The van der Waals surface area contributed by atoms with Crippen molar-refractivity contribution in [3.63, 3.8) is 0 Å². The first-order valence-electron chi connectivity index (χ1n) is 6.69. The summed E-state index contributed by atoms with van der Waals surface area (Å²) in [5.41, 5.74) is 0. The molecule has 0 bridgehead atoms. The van der Waals surface area contributed by atoms with Gasteiger partial charge in [0, 0.05) is 36.8 Å². The zero-order chi connectivity index (χ0) is 12.8. The molecule has 18 heavy (non-hydrogen) atoms. The van der Waals surface area contributed by atoms with Gasteiger partial charge < -0.3 is 10.2 Å². The fourth-order valence-corrected chi connectivity index (χ4v) is 3.68. The number of rotatable bonds is 6. The standard InChI is InChI=1S/C13H23N3S2/c1-11(5-9-17-2)15-12-3-7-16(8-4-12)13-14-6-10-18-13/h6,10-12,15H,3-5,7-9H2,1-2H3/t11-/m0/s1. The van der Waals surface area contributed by atoms with Crippen LogP contribution in [0.15, 0.2) is 11.6 Å². The molecule has 5 heteroatoms. The monoisotopic (exact) mass is 285 g/mol. The fraction of sp³-hybridized carbons (Fsp3) is 0.769. The van der Waals surface area contributed by atoms with Crippen molar-refractivity contribution in [2.24, 2.45) is 0 Å². The third-order valence-electron chi connectivity index (χ3n) is 3.46. The summed E-state index contributed by atoms with van der Waals surface area (Å²) in [4.78, 5) is 6.80. The average molecular weight is 285 g/mol. The number of thiazole rings is 1. The first-order valence-corrected chi connectivity index (χ1v) is 8.96. The van der Waals surface area contributed by atoms with Crippen LogP contribution in [0.4, 0.5) is 5.13 Å². The van der Waals surface area contributed by atoms with E-state index in [4.69, 9.17) is 0 Å². The van der Waals surface area contributed by atoms with Crippen LogP contribution in [0.1, 0.15) is 26.2 Å². The lowest BCUT2D eigenvalue weighted by Gasteiger charge is -2.33. The van der Waals surface area contributed by atoms with Gasteiger partial charge in [-0.2, -0.15) is 11.8 Å². The van der Waals surface area contributed by atoms with Crippen molar-refractivity contribution in [1.82, 2.24) is 10.3 Å². The zero-order valence-electron chi connectivity index (χ0n) is 11.3. The molecular weight excluding hydrogens is 262 g/mol. The molecular formula is C13H23N3S2. The average Bonchev–Trinajstić information content (AvgIpc) is 2.91. The molecule has 1 atom stereocenters. The summed E-state index contributed by atoms with van der Waals surface area (Å²) in [6.07, 6.45) is 7.83. The Morgan fingerprint density at radius 3 is 2.94 bits per heavy atom. The van der Waals surface area contributed by atoms with Gasteiger partial charge in [0.2, 0.25) is 0 Å². The smallest absolute Gasteiger partial charge is 0.185 e. The summed E-state index contributed by atoms with van der Waals surface area (Å²) in [6.45, 7) is 4.59. The van der Waals surface area contributed by atoms with Crippen LogP contribution >= 0.6 is 23.1 Å². The van der Waals surface area contributed by atoms with Crippen LogP contribution in [0.2, 0.25) is 0 Å². The third-order valence-corrected chi connectivity index (χ3v) is 4.94. The summed E-state index contributed by atoms with van der Waals surface area (Å²) < 4.78 is 0. The molecule has 0 aromatic carbocycles. The summed E-state index contributed by atoms with van der Waals surface area (Å²) in [5.74, 6) is 1.26. The van der Waals surface area contributed by atoms with Crippen molar-refractivity contribution in [2.45, 2.75) is 38.3 Å². The molecule has 1 aromatic heterocycles. The predicted octanol–water partition coefficient (Wildman–Crippen LogP) is 2.84. The van der Waals surface area contributed by atoms with Gasteiger partial charge in [-0.25, -0.2) is 4.98 Å². The maximum Gasteiger partial charge on any atom is 0.185 e. The highest BCUT2D eigenvalue weighted by Gasteiger charge is 2.21. The van der Waals surface area contributed by atoms with Crippen molar-refractivity contribution in [2.75, 3.05) is 30.0 Å². The van der Waals surface area contributed by atoms with E-state index in [1.807, 2.05) is 18.0 Å². The number of hydrogen-bond donors (Lipinski definition) is 1. The van der Waals surface area contributed by atoms with Gasteiger partial charge in [0.1, 0.15) is 0 Å². The molecule has 0 unspecified atom stereocenters. The Balaban J connectivity index is 1.70. The molecule has 0 amide bonds. The lowest BCUT2D eigenvalue weighted by Crippen LogP contribution is -2.45. The van der Waals surface area contributed by atoms with Crippen LogP contribution in [0, 0.1) is 0 Å². The molecule has 1 fully saturated rings. The van der Waals surface area contributed by atoms with E-state index in [0.717, 1.165) is 13.1 Å². The second-order valence-corrected chi connectivity index (χ2v) is 6.78. The van der Waals surface area contributed by atoms with E-state index in [9.17, 15) is 0 Å². The molecule has 0 saturated carbocycles. The van der Waals surface area contributed by atoms with E-state index in [1.165, 1.54) is 30.1 Å². The maximum absolute atomic E-state index is 4.39. The quantitative estimate of drug-likeness (QED) is 0.870. The number of nitrogens with zero attached hydrogens (tertiary/aromatic N) is 2. The lowest BCUT2D eigenvalue weighted by atomic mass is 10.0. The number of piperidine rings is 1. The molecule has 1 N–H and O–H groups in total. The van der Waals surface area contributed by atoms with Gasteiger partial charge in [0.25, 0.3) is 0 Å². The summed E-state index contributed by atoms with van der Waals surface area (Å²) in [7, 11) is 0. The Morgan fingerprint density at radius 1 is 1.56 bits per heavy atom. The number of thioether (sulfide) groups is 1. The first-order chi connectivity index (χ1) is 8.79. The Labute approximate surface area is 118 Å². The summed E-state index contributed by atoms with van der Waals surface area (Å²) in [6, 6.07) is 1.34.